The van der Waals surface area contributed by atoms with E-state index in [0.29, 0.717) is 0 Å². The zero-order valence-electron chi connectivity index (χ0n) is 11.4. The zero-order valence-corrected chi connectivity index (χ0v) is 11.4. The summed E-state index contributed by atoms with van der Waals surface area (Å²) in [5.41, 5.74) is 3.40. The van der Waals surface area contributed by atoms with Gasteiger partial charge in [0, 0.05) is 26.0 Å². The van der Waals surface area contributed by atoms with Gasteiger partial charge in [-0.15, -0.1) is 0 Å². The molecule has 1 fully saturated rings. The third kappa shape index (κ3) is 2.80. The molecule has 0 amide bonds. The maximum atomic E-state index is 5.39. The number of nitrogens with one attached hydrogen (secondary N) is 1. The SMILES string of the molecule is Cc1nc2ccccn2c1CNCCC1CCOC1. The lowest BCUT2D eigenvalue weighted by Crippen LogP contribution is -2.19. The van der Waals surface area contributed by atoms with E-state index in [2.05, 4.69) is 27.8 Å². The first kappa shape index (κ1) is 12.6. The van der Waals surface area contributed by atoms with Gasteiger partial charge < -0.3 is 14.5 Å². The number of imidazole rings is 1. The van der Waals surface area contributed by atoms with Crippen LogP contribution in [0.3, 0.4) is 0 Å². The number of aryl methyl sites for hydroxylation is 1. The van der Waals surface area contributed by atoms with Crippen molar-refractivity contribution in [2.45, 2.75) is 26.3 Å². The van der Waals surface area contributed by atoms with Crippen LogP contribution in [-0.4, -0.2) is 29.1 Å². The first-order valence-corrected chi connectivity index (χ1v) is 7.05. The van der Waals surface area contributed by atoms with Crippen molar-refractivity contribution in [2.75, 3.05) is 19.8 Å². The molecule has 2 aromatic rings. The molecule has 2 aromatic heterocycles. The minimum Gasteiger partial charge on any atom is -0.381 e. The minimum absolute atomic E-state index is 0.746. The molecule has 102 valence electrons. The van der Waals surface area contributed by atoms with E-state index in [1.165, 1.54) is 18.5 Å². The highest BCUT2D eigenvalue weighted by molar-refractivity contribution is 5.42. The lowest BCUT2D eigenvalue weighted by Gasteiger charge is -2.09. The molecule has 0 radical (unpaired) electrons. The molecule has 1 aliphatic heterocycles. The van der Waals surface area contributed by atoms with Crippen LogP contribution in [0.5, 0.6) is 0 Å². The molecule has 0 aliphatic carbocycles. The Labute approximate surface area is 113 Å². The third-order valence-corrected chi connectivity index (χ3v) is 3.87. The summed E-state index contributed by atoms with van der Waals surface area (Å²) in [5.74, 6) is 0.746. The molecule has 19 heavy (non-hydrogen) atoms. The number of ether oxygens (including phenoxy) is 1. The normalized spacial score (nSPS) is 19.3. The van der Waals surface area contributed by atoms with Crippen LogP contribution in [-0.2, 0) is 11.3 Å². The van der Waals surface area contributed by atoms with Crippen LogP contribution in [0.15, 0.2) is 24.4 Å². The van der Waals surface area contributed by atoms with Gasteiger partial charge in [-0.25, -0.2) is 4.98 Å². The summed E-state index contributed by atoms with van der Waals surface area (Å²) in [5, 5.41) is 3.53. The highest BCUT2D eigenvalue weighted by Gasteiger charge is 2.15. The molecule has 1 N–H and O–H groups in total. The molecule has 0 aromatic carbocycles. The van der Waals surface area contributed by atoms with Crippen LogP contribution in [0.1, 0.15) is 24.2 Å². The second kappa shape index (κ2) is 5.72. The molecule has 1 unspecified atom stereocenters. The fraction of sp³-hybridized carbons (Fsp3) is 0.533. The summed E-state index contributed by atoms with van der Waals surface area (Å²) in [6.07, 6.45) is 4.50. The highest BCUT2D eigenvalue weighted by atomic mass is 16.5. The van der Waals surface area contributed by atoms with Crippen molar-refractivity contribution in [1.29, 1.82) is 0 Å². The summed E-state index contributed by atoms with van der Waals surface area (Å²) in [7, 11) is 0. The van der Waals surface area contributed by atoms with Crippen LogP contribution in [0.25, 0.3) is 5.65 Å². The molecule has 0 saturated carbocycles. The molecular weight excluding hydrogens is 238 g/mol. The summed E-state index contributed by atoms with van der Waals surface area (Å²) in [6, 6.07) is 6.12. The smallest absolute Gasteiger partial charge is 0.137 e. The van der Waals surface area contributed by atoms with Gasteiger partial charge in [-0.3, -0.25) is 0 Å². The topological polar surface area (TPSA) is 38.6 Å². The van der Waals surface area contributed by atoms with Crippen molar-refractivity contribution in [1.82, 2.24) is 14.7 Å². The average molecular weight is 259 g/mol. The van der Waals surface area contributed by atoms with Crippen LogP contribution in [0.2, 0.25) is 0 Å². The first-order valence-electron chi connectivity index (χ1n) is 7.05. The first-order chi connectivity index (χ1) is 9.34. The molecule has 1 saturated heterocycles. The van der Waals surface area contributed by atoms with Crippen molar-refractivity contribution in [3.05, 3.63) is 35.8 Å². The molecule has 4 nitrogen and oxygen atoms in total. The predicted octanol–water partition coefficient (Wildman–Crippen LogP) is 2.16. The van der Waals surface area contributed by atoms with Gasteiger partial charge in [0.1, 0.15) is 5.65 Å². The second-order valence-electron chi connectivity index (χ2n) is 5.27. The largest absolute Gasteiger partial charge is 0.381 e. The highest BCUT2D eigenvalue weighted by Crippen LogP contribution is 2.15. The van der Waals surface area contributed by atoms with E-state index in [4.69, 9.17) is 4.74 Å². The van der Waals surface area contributed by atoms with E-state index in [0.717, 1.165) is 43.6 Å². The van der Waals surface area contributed by atoms with E-state index in [1.807, 2.05) is 18.2 Å². The standard InChI is InChI=1S/C15H21N3O/c1-12-14(18-8-3-2-4-15(18)17-12)10-16-7-5-13-6-9-19-11-13/h2-4,8,13,16H,5-7,9-11H2,1H3. The van der Waals surface area contributed by atoms with Gasteiger partial charge in [0.05, 0.1) is 11.4 Å². The molecule has 0 spiro atoms. The minimum atomic E-state index is 0.746. The molecule has 0 bridgehead atoms. The Morgan fingerprint density at radius 3 is 3.26 bits per heavy atom. The second-order valence-corrected chi connectivity index (χ2v) is 5.27. The van der Waals surface area contributed by atoms with Crippen LogP contribution in [0.4, 0.5) is 0 Å². The Kier molecular flexibility index (Phi) is 3.80. The van der Waals surface area contributed by atoms with E-state index >= 15 is 0 Å². The summed E-state index contributed by atoms with van der Waals surface area (Å²) in [6.45, 7) is 5.89. The van der Waals surface area contributed by atoms with Gasteiger partial charge in [0.15, 0.2) is 0 Å². The molecule has 1 atom stereocenters. The maximum absolute atomic E-state index is 5.39. The maximum Gasteiger partial charge on any atom is 0.137 e. The Hall–Kier alpha value is -1.39. The summed E-state index contributed by atoms with van der Waals surface area (Å²) >= 11 is 0. The van der Waals surface area contributed by atoms with Crippen molar-refractivity contribution < 1.29 is 4.74 Å². The molecular formula is C15H21N3O. The Bertz CT molecular complexity index is 543. The lowest BCUT2D eigenvalue weighted by atomic mass is 10.1. The third-order valence-electron chi connectivity index (χ3n) is 3.87. The molecule has 3 heterocycles. The average Bonchev–Trinajstić information content (AvgIpc) is 3.02. The van der Waals surface area contributed by atoms with Crippen molar-refractivity contribution in [2.24, 2.45) is 5.92 Å². The number of aromatic nitrogens is 2. The summed E-state index contributed by atoms with van der Waals surface area (Å²) < 4.78 is 7.56. The van der Waals surface area contributed by atoms with E-state index in [1.54, 1.807) is 0 Å². The van der Waals surface area contributed by atoms with Gasteiger partial charge in [0.25, 0.3) is 0 Å². The van der Waals surface area contributed by atoms with Gasteiger partial charge in [-0.2, -0.15) is 0 Å². The predicted molar refractivity (Wildman–Crippen MR) is 75.2 cm³/mol. The van der Waals surface area contributed by atoms with Gasteiger partial charge in [-0.05, 0) is 44.4 Å². The fourth-order valence-electron chi connectivity index (χ4n) is 2.70. The number of hydrogen-bond donors (Lipinski definition) is 1. The summed E-state index contributed by atoms with van der Waals surface area (Å²) in [4.78, 5) is 4.57. The van der Waals surface area contributed by atoms with Crippen LogP contribution >= 0.6 is 0 Å². The van der Waals surface area contributed by atoms with E-state index in [9.17, 15) is 0 Å². The number of rotatable bonds is 5. The van der Waals surface area contributed by atoms with Gasteiger partial charge >= 0.3 is 0 Å². The van der Waals surface area contributed by atoms with Crippen LogP contribution < -0.4 is 5.32 Å². The van der Waals surface area contributed by atoms with E-state index < -0.39 is 0 Å². The van der Waals surface area contributed by atoms with Crippen LogP contribution in [0, 0.1) is 12.8 Å². The van der Waals surface area contributed by atoms with Gasteiger partial charge in [-0.1, -0.05) is 6.07 Å². The Morgan fingerprint density at radius 2 is 2.42 bits per heavy atom. The monoisotopic (exact) mass is 259 g/mol. The van der Waals surface area contributed by atoms with Crippen molar-refractivity contribution in [3.8, 4) is 0 Å². The van der Waals surface area contributed by atoms with Crippen molar-refractivity contribution >= 4 is 5.65 Å². The number of nitrogens with zero attached hydrogens (tertiary/aromatic N) is 2. The molecule has 3 rings (SSSR count). The molecule has 1 aliphatic rings. The van der Waals surface area contributed by atoms with Gasteiger partial charge in [0.2, 0.25) is 0 Å². The zero-order chi connectivity index (χ0) is 13.1. The number of pyridine rings is 1. The van der Waals surface area contributed by atoms with E-state index in [-0.39, 0.29) is 0 Å². The number of hydrogen-bond acceptors (Lipinski definition) is 3. The number of fused-ring (bicyclic) bond motifs is 1. The lowest BCUT2D eigenvalue weighted by molar-refractivity contribution is 0.184. The quantitative estimate of drug-likeness (QED) is 0.836. The fourth-order valence-corrected chi connectivity index (χ4v) is 2.70. The Morgan fingerprint density at radius 1 is 1.47 bits per heavy atom. The van der Waals surface area contributed by atoms with Crippen molar-refractivity contribution in [3.63, 3.8) is 0 Å². The molecule has 4 heteroatoms. The Balaban J connectivity index is 1.57.